The molecular weight excluding hydrogens is 305 g/mol. The summed E-state index contributed by atoms with van der Waals surface area (Å²) in [6.45, 7) is 1.02. The van der Waals surface area contributed by atoms with E-state index in [-0.39, 0.29) is 21.5 Å². The molecule has 0 heterocycles. The first-order chi connectivity index (χ1) is 8.15. The van der Waals surface area contributed by atoms with Gasteiger partial charge in [-0.25, -0.2) is 8.42 Å². The average Bonchev–Trinajstić information content (AvgIpc) is 2.23. The summed E-state index contributed by atoms with van der Waals surface area (Å²) in [6.07, 6.45) is 0. The molecule has 6 nitrogen and oxygen atoms in total. The molecule has 0 radical (unpaired) electrons. The minimum absolute atomic E-state index is 0.0316. The van der Waals surface area contributed by atoms with Gasteiger partial charge in [-0.1, -0.05) is 23.2 Å². The standard InChI is InChI=1S/C9H9Cl2NO5S/c1-4(9(14)15)18(16,17)12-5-2-6(10)8(13)7(11)3-5/h2-4,12-13H,1H3,(H,14,15). The highest BCUT2D eigenvalue weighted by Crippen LogP contribution is 2.35. The van der Waals surface area contributed by atoms with E-state index >= 15 is 0 Å². The third-order valence-corrected chi connectivity index (χ3v) is 4.32. The maximum absolute atomic E-state index is 11.6. The summed E-state index contributed by atoms with van der Waals surface area (Å²) in [5.41, 5.74) is -0.0316. The second-order valence-electron chi connectivity index (χ2n) is 3.42. The molecule has 1 atom stereocenters. The molecule has 0 amide bonds. The Morgan fingerprint density at radius 1 is 1.33 bits per heavy atom. The number of aromatic hydroxyl groups is 1. The highest BCUT2D eigenvalue weighted by molar-refractivity contribution is 7.94. The van der Waals surface area contributed by atoms with Gasteiger partial charge in [0.1, 0.15) is 0 Å². The molecule has 0 bridgehead atoms. The van der Waals surface area contributed by atoms with E-state index in [4.69, 9.17) is 28.3 Å². The predicted molar refractivity (Wildman–Crippen MR) is 67.8 cm³/mol. The topological polar surface area (TPSA) is 104 Å². The van der Waals surface area contributed by atoms with Crippen LogP contribution in [-0.2, 0) is 14.8 Å². The summed E-state index contributed by atoms with van der Waals surface area (Å²) >= 11 is 11.2. The van der Waals surface area contributed by atoms with Crippen molar-refractivity contribution in [2.75, 3.05) is 4.72 Å². The van der Waals surface area contributed by atoms with E-state index in [0.717, 1.165) is 19.1 Å². The molecule has 1 unspecified atom stereocenters. The fourth-order valence-corrected chi connectivity index (χ4v) is 2.39. The first-order valence-electron chi connectivity index (χ1n) is 4.57. The SMILES string of the molecule is CC(C(=O)O)S(=O)(=O)Nc1cc(Cl)c(O)c(Cl)c1. The maximum atomic E-state index is 11.6. The third-order valence-electron chi connectivity index (χ3n) is 2.09. The van der Waals surface area contributed by atoms with Gasteiger partial charge in [0.25, 0.3) is 0 Å². The Morgan fingerprint density at radius 3 is 2.17 bits per heavy atom. The van der Waals surface area contributed by atoms with Gasteiger partial charge in [-0.05, 0) is 19.1 Å². The minimum Gasteiger partial charge on any atom is -0.505 e. The molecule has 0 saturated heterocycles. The summed E-state index contributed by atoms with van der Waals surface area (Å²) in [4.78, 5) is 10.6. The van der Waals surface area contributed by atoms with Crippen molar-refractivity contribution in [3.05, 3.63) is 22.2 Å². The Morgan fingerprint density at radius 2 is 1.78 bits per heavy atom. The van der Waals surface area contributed by atoms with Crippen molar-refractivity contribution in [3.8, 4) is 5.75 Å². The highest BCUT2D eigenvalue weighted by atomic mass is 35.5. The number of phenolic OH excluding ortho intramolecular Hbond substituents is 1. The van der Waals surface area contributed by atoms with E-state index in [2.05, 4.69) is 0 Å². The summed E-state index contributed by atoms with van der Waals surface area (Å²) < 4.78 is 25.2. The van der Waals surface area contributed by atoms with Crippen molar-refractivity contribution >= 4 is 44.9 Å². The van der Waals surface area contributed by atoms with Crippen molar-refractivity contribution in [3.63, 3.8) is 0 Å². The van der Waals surface area contributed by atoms with Crippen LogP contribution in [0.15, 0.2) is 12.1 Å². The van der Waals surface area contributed by atoms with Crippen LogP contribution >= 0.6 is 23.2 Å². The Bertz CT molecular complexity index is 564. The van der Waals surface area contributed by atoms with Crippen LogP contribution in [0.25, 0.3) is 0 Å². The van der Waals surface area contributed by atoms with Gasteiger partial charge < -0.3 is 10.2 Å². The van der Waals surface area contributed by atoms with Gasteiger partial charge in [-0.2, -0.15) is 0 Å². The van der Waals surface area contributed by atoms with Crippen LogP contribution in [0.5, 0.6) is 5.75 Å². The molecule has 9 heteroatoms. The van der Waals surface area contributed by atoms with Gasteiger partial charge in [-0.3, -0.25) is 9.52 Å². The fraction of sp³-hybridized carbons (Fsp3) is 0.222. The minimum atomic E-state index is -4.11. The third kappa shape index (κ3) is 3.18. The van der Waals surface area contributed by atoms with Gasteiger partial charge in [0.15, 0.2) is 11.0 Å². The number of nitrogens with one attached hydrogen (secondary N) is 1. The number of benzene rings is 1. The van der Waals surface area contributed by atoms with Crippen molar-refractivity contribution < 1.29 is 23.4 Å². The van der Waals surface area contributed by atoms with Crippen LogP contribution in [0.3, 0.4) is 0 Å². The van der Waals surface area contributed by atoms with Crippen LogP contribution in [0, 0.1) is 0 Å². The number of phenols is 1. The molecule has 0 aromatic heterocycles. The number of carboxylic acids is 1. The molecule has 0 aliphatic rings. The number of carbonyl (C=O) groups is 1. The number of hydrogen-bond donors (Lipinski definition) is 3. The normalized spacial score (nSPS) is 13.1. The quantitative estimate of drug-likeness (QED) is 0.737. The van der Waals surface area contributed by atoms with Crippen LogP contribution in [0.2, 0.25) is 10.0 Å². The van der Waals surface area contributed by atoms with Crippen LogP contribution in [-0.4, -0.2) is 29.9 Å². The zero-order valence-corrected chi connectivity index (χ0v) is 11.3. The van der Waals surface area contributed by atoms with E-state index in [1.54, 1.807) is 0 Å². The number of sulfonamides is 1. The first-order valence-corrected chi connectivity index (χ1v) is 6.88. The van der Waals surface area contributed by atoms with Gasteiger partial charge in [0.2, 0.25) is 10.0 Å². The molecule has 0 saturated carbocycles. The number of halogens is 2. The second kappa shape index (κ2) is 5.21. The lowest BCUT2D eigenvalue weighted by molar-refractivity contribution is -0.136. The lowest BCUT2D eigenvalue weighted by atomic mass is 10.3. The molecule has 3 N–H and O–H groups in total. The van der Waals surface area contributed by atoms with E-state index in [0.29, 0.717) is 0 Å². The number of aliphatic carboxylic acids is 1. The van der Waals surface area contributed by atoms with Crippen LogP contribution in [0.1, 0.15) is 6.92 Å². The molecule has 100 valence electrons. The second-order valence-corrected chi connectivity index (χ2v) is 6.23. The zero-order valence-electron chi connectivity index (χ0n) is 9.02. The fourth-order valence-electron chi connectivity index (χ4n) is 1.01. The van der Waals surface area contributed by atoms with E-state index in [1.807, 2.05) is 4.72 Å². The lowest BCUT2D eigenvalue weighted by Gasteiger charge is -2.12. The molecule has 0 fully saturated rings. The predicted octanol–water partition coefficient (Wildman–Crippen LogP) is 1.91. The van der Waals surface area contributed by atoms with E-state index in [1.165, 1.54) is 0 Å². The summed E-state index contributed by atoms with van der Waals surface area (Å²) in [5, 5.41) is 16.0. The largest absolute Gasteiger partial charge is 0.505 e. The summed E-state index contributed by atoms with van der Waals surface area (Å²) in [7, 11) is -4.11. The number of rotatable bonds is 4. The van der Waals surface area contributed by atoms with Crippen molar-refractivity contribution in [2.24, 2.45) is 0 Å². The van der Waals surface area contributed by atoms with E-state index in [9.17, 15) is 18.3 Å². The molecule has 18 heavy (non-hydrogen) atoms. The molecule has 0 aliphatic heterocycles. The van der Waals surface area contributed by atoms with Crippen molar-refractivity contribution in [1.82, 2.24) is 0 Å². The average molecular weight is 314 g/mol. The molecule has 0 aliphatic carbocycles. The van der Waals surface area contributed by atoms with Gasteiger partial charge in [0, 0.05) is 0 Å². The van der Waals surface area contributed by atoms with Crippen LogP contribution in [0.4, 0.5) is 5.69 Å². The first kappa shape index (κ1) is 14.9. The van der Waals surface area contributed by atoms with Crippen LogP contribution < -0.4 is 4.72 Å². The van der Waals surface area contributed by atoms with Gasteiger partial charge in [-0.15, -0.1) is 0 Å². The molecule has 1 aromatic carbocycles. The number of anilines is 1. The molecule has 1 aromatic rings. The highest BCUT2D eigenvalue weighted by Gasteiger charge is 2.27. The lowest BCUT2D eigenvalue weighted by Crippen LogP contribution is -2.32. The summed E-state index contributed by atoms with van der Waals surface area (Å²) in [6, 6.07) is 2.24. The Kier molecular flexibility index (Phi) is 4.31. The van der Waals surface area contributed by atoms with Crippen molar-refractivity contribution in [2.45, 2.75) is 12.2 Å². The monoisotopic (exact) mass is 313 g/mol. The molecular formula is C9H9Cl2NO5S. The number of carboxylic acid groups (broad SMARTS) is 1. The number of hydrogen-bond acceptors (Lipinski definition) is 4. The Labute approximate surface area is 113 Å². The Balaban J connectivity index is 3.09. The molecule has 0 spiro atoms. The van der Waals surface area contributed by atoms with Crippen molar-refractivity contribution in [1.29, 1.82) is 0 Å². The Hall–Kier alpha value is -1.18. The zero-order chi connectivity index (χ0) is 14.1. The maximum Gasteiger partial charge on any atom is 0.323 e. The molecule has 1 rings (SSSR count). The van der Waals surface area contributed by atoms with E-state index < -0.39 is 21.2 Å². The van der Waals surface area contributed by atoms with Gasteiger partial charge in [0.05, 0.1) is 15.7 Å². The smallest absolute Gasteiger partial charge is 0.323 e. The van der Waals surface area contributed by atoms with Gasteiger partial charge >= 0.3 is 5.97 Å². The summed E-state index contributed by atoms with van der Waals surface area (Å²) in [5.74, 6) is -1.87.